The molecular formula is C11H18O7S. The van der Waals surface area contributed by atoms with Gasteiger partial charge in [0.1, 0.15) is 6.10 Å². The highest BCUT2D eigenvalue weighted by molar-refractivity contribution is 7.87. The molecule has 0 radical (unpaired) electrons. The van der Waals surface area contributed by atoms with Crippen molar-refractivity contribution in [3.05, 3.63) is 0 Å². The standard InChI is InChI=1S/C11H18O7S/c12-10(7-9(11(13)14)19(15,16)17)18-8-5-3-1-2-4-6-8/h8-9H,1-7H2,(H,13,14)(H,15,16,17). The van der Waals surface area contributed by atoms with Gasteiger partial charge in [0.05, 0.1) is 6.42 Å². The van der Waals surface area contributed by atoms with Crippen LogP contribution in [-0.2, 0) is 24.4 Å². The fourth-order valence-corrected chi connectivity index (χ4v) is 2.67. The summed E-state index contributed by atoms with van der Waals surface area (Å²) in [7, 11) is -4.81. The second kappa shape index (κ2) is 6.85. The second-order valence-corrected chi connectivity index (χ2v) is 6.25. The molecule has 2 N–H and O–H groups in total. The average molecular weight is 294 g/mol. The van der Waals surface area contributed by atoms with Crippen molar-refractivity contribution in [1.29, 1.82) is 0 Å². The van der Waals surface area contributed by atoms with Crippen LogP contribution < -0.4 is 0 Å². The first-order chi connectivity index (χ1) is 8.80. The molecule has 1 atom stereocenters. The molecule has 0 aromatic rings. The summed E-state index contributed by atoms with van der Waals surface area (Å²) >= 11 is 0. The molecule has 1 unspecified atom stereocenters. The normalized spacial score (nSPS) is 19.4. The van der Waals surface area contributed by atoms with E-state index in [1.165, 1.54) is 0 Å². The maximum absolute atomic E-state index is 11.5. The Morgan fingerprint density at radius 1 is 1.16 bits per heavy atom. The molecule has 0 bridgehead atoms. The summed E-state index contributed by atoms with van der Waals surface area (Å²) in [5.74, 6) is -2.67. The monoisotopic (exact) mass is 294 g/mol. The Morgan fingerprint density at radius 3 is 2.11 bits per heavy atom. The lowest BCUT2D eigenvalue weighted by Gasteiger charge is -2.16. The Bertz CT molecular complexity index is 420. The summed E-state index contributed by atoms with van der Waals surface area (Å²) in [5, 5.41) is 6.50. The third kappa shape index (κ3) is 5.56. The minimum atomic E-state index is -4.81. The van der Waals surface area contributed by atoms with Crippen LogP contribution >= 0.6 is 0 Å². The molecule has 0 saturated heterocycles. The minimum Gasteiger partial charge on any atom is -0.480 e. The van der Waals surface area contributed by atoms with Crippen LogP contribution in [0.25, 0.3) is 0 Å². The van der Waals surface area contributed by atoms with Gasteiger partial charge in [0.15, 0.2) is 5.25 Å². The molecule has 19 heavy (non-hydrogen) atoms. The van der Waals surface area contributed by atoms with Gasteiger partial charge >= 0.3 is 11.9 Å². The zero-order chi connectivity index (χ0) is 14.5. The maximum Gasteiger partial charge on any atom is 0.325 e. The van der Waals surface area contributed by atoms with Crippen molar-refractivity contribution in [1.82, 2.24) is 0 Å². The maximum atomic E-state index is 11.5. The minimum absolute atomic E-state index is 0.286. The molecule has 1 fully saturated rings. The molecule has 1 rings (SSSR count). The zero-order valence-corrected chi connectivity index (χ0v) is 11.3. The number of ether oxygens (including phenoxy) is 1. The predicted octanol–water partition coefficient (Wildman–Crippen LogP) is 0.983. The fourth-order valence-electron chi connectivity index (χ4n) is 2.07. The van der Waals surface area contributed by atoms with Gasteiger partial charge in [-0.3, -0.25) is 14.1 Å². The van der Waals surface area contributed by atoms with Crippen LogP contribution in [0.4, 0.5) is 0 Å². The van der Waals surface area contributed by atoms with Gasteiger partial charge in [-0.1, -0.05) is 12.8 Å². The summed E-state index contributed by atoms with van der Waals surface area (Å²) in [6.45, 7) is 0. The smallest absolute Gasteiger partial charge is 0.325 e. The van der Waals surface area contributed by atoms with Crippen molar-refractivity contribution in [2.24, 2.45) is 0 Å². The first-order valence-electron chi connectivity index (χ1n) is 6.19. The molecule has 0 heterocycles. The third-order valence-corrected chi connectivity index (χ3v) is 4.17. The van der Waals surface area contributed by atoms with Gasteiger partial charge in [0.25, 0.3) is 10.1 Å². The van der Waals surface area contributed by atoms with Crippen molar-refractivity contribution in [2.45, 2.75) is 56.3 Å². The molecule has 110 valence electrons. The Labute approximate surface area is 111 Å². The topological polar surface area (TPSA) is 118 Å². The van der Waals surface area contributed by atoms with Gasteiger partial charge in [-0.2, -0.15) is 8.42 Å². The Morgan fingerprint density at radius 2 is 1.68 bits per heavy atom. The van der Waals surface area contributed by atoms with E-state index in [4.69, 9.17) is 14.4 Å². The Balaban J connectivity index is 2.55. The van der Waals surface area contributed by atoms with E-state index in [-0.39, 0.29) is 6.10 Å². The van der Waals surface area contributed by atoms with Gasteiger partial charge in [-0.05, 0) is 25.7 Å². The van der Waals surface area contributed by atoms with Gasteiger partial charge < -0.3 is 9.84 Å². The van der Waals surface area contributed by atoms with Gasteiger partial charge in [0, 0.05) is 0 Å². The summed E-state index contributed by atoms with van der Waals surface area (Å²) in [5.41, 5.74) is 0. The van der Waals surface area contributed by atoms with E-state index in [0.717, 1.165) is 25.7 Å². The van der Waals surface area contributed by atoms with Crippen LogP contribution in [0.2, 0.25) is 0 Å². The van der Waals surface area contributed by atoms with E-state index < -0.39 is 33.7 Å². The van der Waals surface area contributed by atoms with E-state index in [9.17, 15) is 18.0 Å². The van der Waals surface area contributed by atoms with Crippen LogP contribution in [-0.4, -0.2) is 41.4 Å². The van der Waals surface area contributed by atoms with E-state index in [1.807, 2.05) is 0 Å². The van der Waals surface area contributed by atoms with Crippen molar-refractivity contribution in [2.75, 3.05) is 0 Å². The largest absolute Gasteiger partial charge is 0.480 e. The lowest BCUT2D eigenvalue weighted by Crippen LogP contribution is -2.33. The van der Waals surface area contributed by atoms with Crippen molar-refractivity contribution in [3.8, 4) is 0 Å². The van der Waals surface area contributed by atoms with E-state index >= 15 is 0 Å². The molecule has 1 aliphatic rings. The molecule has 0 aliphatic heterocycles. The lowest BCUT2D eigenvalue weighted by molar-refractivity contribution is -0.152. The van der Waals surface area contributed by atoms with Crippen molar-refractivity contribution < 1.29 is 32.4 Å². The number of rotatable bonds is 5. The molecule has 1 saturated carbocycles. The lowest BCUT2D eigenvalue weighted by atomic mass is 10.1. The number of aliphatic carboxylic acids is 1. The highest BCUT2D eigenvalue weighted by Crippen LogP contribution is 2.20. The second-order valence-electron chi connectivity index (χ2n) is 4.65. The molecular weight excluding hydrogens is 276 g/mol. The van der Waals surface area contributed by atoms with Crippen LogP contribution in [0.3, 0.4) is 0 Å². The number of carboxylic acids is 1. The summed E-state index contributed by atoms with van der Waals surface area (Å²) in [6.07, 6.45) is 4.24. The predicted molar refractivity (Wildman–Crippen MR) is 65.2 cm³/mol. The number of hydrogen-bond donors (Lipinski definition) is 2. The highest BCUT2D eigenvalue weighted by atomic mass is 32.2. The first kappa shape index (κ1) is 15.9. The fraction of sp³-hybridized carbons (Fsp3) is 0.818. The first-order valence-corrected chi connectivity index (χ1v) is 7.69. The van der Waals surface area contributed by atoms with Gasteiger partial charge in [-0.15, -0.1) is 0 Å². The quantitative estimate of drug-likeness (QED) is 0.441. The molecule has 0 aromatic carbocycles. The Hall–Kier alpha value is -1.15. The summed E-state index contributed by atoms with van der Waals surface area (Å²) in [6, 6.07) is 0. The number of carboxylic acid groups (broad SMARTS) is 1. The van der Waals surface area contributed by atoms with Crippen molar-refractivity contribution in [3.63, 3.8) is 0 Å². The SMILES string of the molecule is O=C(CC(C(=O)O)S(=O)(=O)O)OC1CCCCCC1. The number of hydrogen-bond acceptors (Lipinski definition) is 5. The number of esters is 1. The average Bonchev–Trinajstić information content (AvgIpc) is 2.52. The Kier molecular flexibility index (Phi) is 5.74. The van der Waals surface area contributed by atoms with E-state index in [1.54, 1.807) is 0 Å². The number of carbonyl (C=O) groups excluding carboxylic acids is 1. The zero-order valence-electron chi connectivity index (χ0n) is 10.4. The summed E-state index contributed by atoms with van der Waals surface area (Å²) < 4.78 is 35.4. The van der Waals surface area contributed by atoms with Gasteiger partial charge in [-0.25, -0.2) is 0 Å². The van der Waals surface area contributed by atoms with Crippen molar-refractivity contribution >= 4 is 22.1 Å². The molecule has 0 spiro atoms. The van der Waals surface area contributed by atoms with E-state index in [0.29, 0.717) is 12.8 Å². The van der Waals surface area contributed by atoms with Gasteiger partial charge in [0.2, 0.25) is 0 Å². The summed E-state index contributed by atoms with van der Waals surface area (Å²) in [4.78, 5) is 22.2. The van der Waals surface area contributed by atoms with Crippen LogP contribution in [0.1, 0.15) is 44.9 Å². The third-order valence-electron chi connectivity index (χ3n) is 3.09. The molecule has 1 aliphatic carbocycles. The van der Waals surface area contributed by atoms with Crippen LogP contribution in [0.5, 0.6) is 0 Å². The molecule has 7 nitrogen and oxygen atoms in total. The highest BCUT2D eigenvalue weighted by Gasteiger charge is 2.34. The number of carbonyl (C=O) groups is 2. The van der Waals surface area contributed by atoms with Crippen LogP contribution in [0.15, 0.2) is 0 Å². The molecule has 0 amide bonds. The molecule has 0 aromatic heterocycles. The molecule has 8 heteroatoms. The van der Waals surface area contributed by atoms with E-state index in [2.05, 4.69) is 0 Å². The van der Waals surface area contributed by atoms with Crippen LogP contribution in [0, 0.1) is 0 Å².